The molecule has 0 radical (unpaired) electrons. The smallest absolute Gasteiger partial charge is 0.228 e. The predicted molar refractivity (Wildman–Crippen MR) is 183 cm³/mol. The molecule has 1 fully saturated rings. The molecule has 5 atom stereocenters. The van der Waals surface area contributed by atoms with Gasteiger partial charge >= 0.3 is 0 Å². The standard InChI is InChI=1S/C38H75FO5/c1-5-9-13-17-21-25-29-40-33-34-35(41-30-26-22-18-14-10-6-2)36(42-31-27-23-19-15-11-7-3)37(38(39)44-34)43-32-28-24-20-16-12-8-4/h34-38H,5-33H2,1-4H3/t34-,35-,36+,37-,38+/m1/s1. The summed E-state index contributed by atoms with van der Waals surface area (Å²) in [5, 5.41) is 0. The highest BCUT2D eigenvalue weighted by molar-refractivity contribution is 4.92. The van der Waals surface area contributed by atoms with Crippen molar-refractivity contribution in [3.8, 4) is 0 Å². The van der Waals surface area contributed by atoms with Crippen LogP contribution in [-0.4, -0.2) is 63.8 Å². The molecule has 5 nitrogen and oxygen atoms in total. The van der Waals surface area contributed by atoms with Gasteiger partial charge < -0.3 is 23.7 Å². The first-order chi connectivity index (χ1) is 21.7. The fourth-order valence-electron chi connectivity index (χ4n) is 6.06. The predicted octanol–water partition coefficient (Wildman–Crippen LogP) is 11.3. The highest BCUT2D eigenvalue weighted by Crippen LogP contribution is 2.30. The maximum Gasteiger partial charge on any atom is 0.228 e. The average molecular weight is 631 g/mol. The normalized spacial score (nSPS) is 22.2. The number of alkyl halides is 1. The highest BCUT2D eigenvalue weighted by atomic mass is 19.1. The number of rotatable bonds is 33. The Hall–Kier alpha value is -0.270. The zero-order valence-corrected chi connectivity index (χ0v) is 29.8. The van der Waals surface area contributed by atoms with E-state index in [9.17, 15) is 0 Å². The summed E-state index contributed by atoms with van der Waals surface area (Å²) in [6.07, 6.45) is 25.0. The van der Waals surface area contributed by atoms with Crippen LogP contribution in [0.3, 0.4) is 0 Å². The third kappa shape index (κ3) is 21.5. The Morgan fingerprint density at radius 1 is 0.409 bits per heavy atom. The van der Waals surface area contributed by atoms with Crippen LogP contribution >= 0.6 is 0 Å². The Morgan fingerprint density at radius 3 is 1.18 bits per heavy atom. The van der Waals surface area contributed by atoms with Crippen LogP contribution in [-0.2, 0) is 23.7 Å². The molecule has 0 aromatic heterocycles. The number of ether oxygens (including phenoxy) is 5. The van der Waals surface area contributed by atoms with Crippen molar-refractivity contribution in [2.45, 2.75) is 213 Å². The lowest BCUT2D eigenvalue weighted by molar-refractivity contribution is -0.293. The van der Waals surface area contributed by atoms with Crippen molar-refractivity contribution in [1.82, 2.24) is 0 Å². The quantitative estimate of drug-likeness (QED) is 0.0675. The fourth-order valence-corrected chi connectivity index (χ4v) is 6.06. The molecule has 6 heteroatoms. The second-order valence-corrected chi connectivity index (χ2v) is 13.2. The lowest BCUT2D eigenvalue weighted by atomic mass is 9.98. The van der Waals surface area contributed by atoms with E-state index >= 15 is 4.39 Å². The van der Waals surface area contributed by atoms with Gasteiger partial charge in [0.2, 0.25) is 6.36 Å². The topological polar surface area (TPSA) is 46.2 Å². The van der Waals surface area contributed by atoms with Crippen molar-refractivity contribution in [3.63, 3.8) is 0 Å². The van der Waals surface area contributed by atoms with Gasteiger partial charge in [0.25, 0.3) is 0 Å². The summed E-state index contributed by atoms with van der Waals surface area (Å²) in [6, 6.07) is 0. The zero-order valence-electron chi connectivity index (χ0n) is 29.8. The molecule has 1 saturated heterocycles. The van der Waals surface area contributed by atoms with Gasteiger partial charge in [0.15, 0.2) is 0 Å². The Bertz CT molecular complexity index is 579. The van der Waals surface area contributed by atoms with Crippen LogP contribution in [0.5, 0.6) is 0 Å². The summed E-state index contributed by atoms with van der Waals surface area (Å²) in [7, 11) is 0. The molecular weight excluding hydrogens is 555 g/mol. The maximum absolute atomic E-state index is 15.7. The minimum absolute atomic E-state index is 0.331. The lowest BCUT2D eigenvalue weighted by Crippen LogP contribution is -2.60. The van der Waals surface area contributed by atoms with Crippen molar-refractivity contribution in [3.05, 3.63) is 0 Å². The van der Waals surface area contributed by atoms with Gasteiger partial charge in [-0.1, -0.05) is 156 Å². The van der Waals surface area contributed by atoms with E-state index in [4.69, 9.17) is 23.7 Å². The number of hydrogen-bond acceptors (Lipinski definition) is 5. The van der Waals surface area contributed by atoms with Gasteiger partial charge in [-0.25, -0.2) is 4.39 Å². The first-order valence-corrected chi connectivity index (χ1v) is 19.4. The van der Waals surface area contributed by atoms with E-state index < -0.39 is 30.8 Å². The van der Waals surface area contributed by atoms with Gasteiger partial charge in [0.05, 0.1) is 6.61 Å². The van der Waals surface area contributed by atoms with Gasteiger partial charge in [-0.2, -0.15) is 0 Å². The van der Waals surface area contributed by atoms with Crippen molar-refractivity contribution in [2.75, 3.05) is 33.0 Å². The molecule has 0 bridgehead atoms. The van der Waals surface area contributed by atoms with Gasteiger partial charge in [-0.3, -0.25) is 0 Å². The zero-order chi connectivity index (χ0) is 31.9. The molecule has 0 aromatic rings. The molecule has 1 aliphatic rings. The van der Waals surface area contributed by atoms with Crippen LogP contribution in [0.15, 0.2) is 0 Å². The van der Waals surface area contributed by atoms with E-state index in [-0.39, 0.29) is 0 Å². The molecule has 0 N–H and O–H groups in total. The highest BCUT2D eigenvalue weighted by Gasteiger charge is 2.48. The molecular formula is C38H75FO5. The van der Waals surface area contributed by atoms with E-state index in [2.05, 4.69) is 27.7 Å². The van der Waals surface area contributed by atoms with Gasteiger partial charge in [0, 0.05) is 26.4 Å². The van der Waals surface area contributed by atoms with Gasteiger partial charge in [-0.15, -0.1) is 0 Å². The number of hydrogen-bond donors (Lipinski definition) is 0. The van der Waals surface area contributed by atoms with Crippen LogP contribution in [0, 0.1) is 0 Å². The first-order valence-electron chi connectivity index (χ1n) is 19.4. The monoisotopic (exact) mass is 631 g/mol. The molecule has 0 amide bonds. The molecule has 0 aromatic carbocycles. The molecule has 1 aliphatic heterocycles. The second-order valence-electron chi connectivity index (χ2n) is 13.2. The third-order valence-corrected chi connectivity index (χ3v) is 8.93. The maximum atomic E-state index is 15.7. The molecule has 1 heterocycles. The number of unbranched alkanes of at least 4 members (excludes halogenated alkanes) is 20. The van der Waals surface area contributed by atoms with Crippen LogP contribution < -0.4 is 0 Å². The Kier molecular flexibility index (Phi) is 29.7. The van der Waals surface area contributed by atoms with Crippen LogP contribution in [0.25, 0.3) is 0 Å². The summed E-state index contributed by atoms with van der Waals surface area (Å²) in [5.74, 6) is 0. The SMILES string of the molecule is CCCCCCCCOC[C@H]1O[C@H](F)[C@H](OCCCCCCCC)[C@@H](OCCCCCCCC)[C@@H]1OCCCCCCCC. The van der Waals surface area contributed by atoms with E-state index in [1.807, 2.05) is 0 Å². The molecule has 0 aliphatic carbocycles. The summed E-state index contributed by atoms with van der Waals surface area (Å²) in [5.41, 5.74) is 0. The van der Waals surface area contributed by atoms with Crippen molar-refractivity contribution in [1.29, 1.82) is 0 Å². The molecule has 0 spiro atoms. The van der Waals surface area contributed by atoms with Crippen molar-refractivity contribution < 1.29 is 28.1 Å². The molecule has 1 rings (SSSR count). The molecule has 0 unspecified atom stereocenters. The summed E-state index contributed by atoms with van der Waals surface area (Å²) in [6.45, 7) is 11.7. The summed E-state index contributed by atoms with van der Waals surface area (Å²) in [4.78, 5) is 0. The number of halogens is 1. The van der Waals surface area contributed by atoms with E-state index in [1.165, 1.54) is 109 Å². The Balaban J connectivity index is 2.79. The van der Waals surface area contributed by atoms with E-state index in [0.717, 1.165) is 44.9 Å². The van der Waals surface area contributed by atoms with Gasteiger partial charge in [0.1, 0.15) is 24.4 Å². The van der Waals surface area contributed by atoms with E-state index in [1.54, 1.807) is 0 Å². The minimum atomic E-state index is -1.54. The van der Waals surface area contributed by atoms with Crippen LogP contribution in [0.4, 0.5) is 4.39 Å². The fraction of sp³-hybridized carbons (Fsp3) is 1.00. The molecule has 0 saturated carbocycles. The van der Waals surface area contributed by atoms with Crippen LogP contribution in [0.1, 0.15) is 182 Å². The average Bonchev–Trinajstić information content (AvgIpc) is 3.02. The van der Waals surface area contributed by atoms with Crippen molar-refractivity contribution in [2.24, 2.45) is 0 Å². The van der Waals surface area contributed by atoms with Crippen LogP contribution in [0.2, 0.25) is 0 Å². The summed E-state index contributed by atoms with van der Waals surface area (Å²) < 4.78 is 47.0. The first kappa shape index (κ1) is 41.8. The van der Waals surface area contributed by atoms with Gasteiger partial charge in [-0.05, 0) is 25.7 Å². The molecule has 44 heavy (non-hydrogen) atoms. The summed E-state index contributed by atoms with van der Waals surface area (Å²) >= 11 is 0. The second kappa shape index (κ2) is 31.3. The van der Waals surface area contributed by atoms with Crippen molar-refractivity contribution >= 4 is 0 Å². The third-order valence-electron chi connectivity index (χ3n) is 8.93. The Morgan fingerprint density at radius 2 is 0.750 bits per heavy atom. The Labute approximate surface area is 273 Å². The largest absolute Gasteiger partial charge is 0.379 e. The minimum Gasteiger partial charge on any atom is -0.379 e. The lowest BCUT2D eigenvalue weighted by Gasteiger charge is -2.43. The molecule has 264 valence electrons. The van der Waals surface area contributed by atoms with E-state index in [0.29, 0.717) is 33.0 Å².